The molecule has 0 saturated heterocycles. The lowest BCUT2D eigenvalue weighted by Crippen LogP contribution is -2.41. The summed E-state index contributed by atoms with van der Waals surface area (Å²) in [6.45, 7) is 5.81. The van der Waals surface area contributed by atoms with Gasteiger partial charge in [0.1, 0.15) is 10.7 Å². The average Bonchev–Trinajstić information content (AvgIpc) is 2.39. The number of thiocarbonyl (C=S) groups is 1. The largest absolute Gasteiger partial charge is 0.481 e. The number of benzene rings is 1. The minimum atomic E-state index is -0.537. The van der Waals surface area contributed by atoms with Crippen molar-refractivity contribution in [2.45, 2.75) is 45.8 Å². The summed E-state index contributed by atoms with van der Waals surface area (Å²) in [5.41, 5.74) is 6.30. The normalized spacial score (nSPS) is 13.3. The Morgan fingerprint density at radius 3 is 2.45 bits per heavy atom. The molecule has 2 atom stereocenters. The predicted molar refractivity (Wildman–Crippen MR) is 84.9 cm³/mol. The summed E-state index contributed by atoms with van der Waals surface area (Å²) in [6, 6.07) is 7.24. The molecule has 0 radical (unpaired) electrons. The number of nitrogens with one attached hydrogen (secondary N) is 1. The van der Waals surface area contributed by atoms with Gasteiger partial charge in [0.2, 0.25) is 0 Å². The highest BCUT2D eigenvalue weighted by Gasteiger charge is 2.16. The van der Waals surface area contributed by atoms with E-state index in [1.807, 2.05) is 6.92 Å². The topological polar surface area (TPSA) is 64.3 Å². The lowest BCUT2D eigenvalue weighted by atomic mass is 10.2. The fourth-order valence-corrected chi connectivity index (χ4v) is 1.96. The van der Waals surface area contributed by atoms with Gasteiger partial charge in [-0.25, -0.2) is 0 Å². The zero-order chi connectivity index (χ0) is 15.1. The molecule has 0 aliphatic heterocycles. The van der Waals surface area contributed by atoms with Crippen molar-refractivity contribution in [2.75, 3.05) is 0 Å². The van der Waals surface area contributed by atoms with Gasteiger partial charge in [-0.15, -0.1) is 0 Å². The average molecular weight is 294 g/mol. The van der Waals surface area contributed by atoms with E-state index in [9.17, 15) is 4.79 Å². The lowest BCUT2D eigenvalue weighted by Gasteiger charge is -2.18. The molecule has 1 amide bonds. The minimum Gasteiger partial charge on any atom is -0.481 e. The number of hydrogen-bond acceptors (Lipinski definition) is 3. The summed E-state index contributed by atoms with van der Waals surface area (Å²) in [7, 11) is 0. The number of hydrogen-bond donors (Lipinski definition) is 2. The van der Waals surface area contributed by atoms with Gasteiger partial charge in [0.25, 0.3) is 5.91 Å². The van der Waals surface area contributed by atoms with Gasteiger partial charge in [-0.1, -0.05) is 25.6 Å². The van der Waals surface area contributed by atoms with Gasteiger partial charge in [-0.05, 0) is 44.5 Å². The number of ether oxygens (including phenoxy) is 1. The molecule has 0 fully saturated rings. The standard InChI is InChI=1S/C15H22N2O2S/c1-4-5-10(2)17-15(18)11(3)19-13-8-6-12(7-9-13)14(16)20/h6-11H,4-5H2,1-3H3,(H2,16,20)(H,17,18). The van der Waals surface area contributed by atoms with Crippen LogP contribution in [0.2, 0.25) is 0 Å². The van der Waals surface area contributed by atoms with Crippen LogP contribution >= 0.6 is 12.2 Å². The second-order valence-corrected chi connectivity index (χ2v) is 5.29. The highest BCUT2D eigenvalue weighted by atomic mass is 32.1. The Labute approximate surface area is 125 Å². The third-order valence-electron chi connectivity index (χ3n) is 2.93. The molecule has 20 heavy (non-hydrogen) atoms. The maximum atomic E-state index is 11.9. The summed E-state index contributed by atoms with van der Waals surface area (Å²) >= 11 is 4.88. The molecule has 2 unspecified atom stereocenters. The fourth-order valence-electron chi connectivity index (χ4n) is 1.82. The van der Waals surface area contributed by atoms with Gasteiger partial charge in [-0.2, -0.15) is 0 Å². The molecule has 5 heteroatoms. The molecule has 0 aromatic heterocycles. The highest BCUT2D eigenvalue weighted by molar-refractivity contribution is 7.80. The third kappa shape index (κ3) is 5.17. The van der Waals surface area contributed by atoms with E-state index in [0.717, 1.165) is 18.4 Å². The SMILES string of the molecule is CCCC(C)NC(=O)C(C)Oc1ccc(C(N)=S)cc1. The van der Waals surface area contributed by atoms with Crippen LogP contribution in [0, 0.1) is 0 Å². The van der Waals surface area contributed by atoms with Crippen LogP contribution in [0.25, 0.3) is 0 Å². The number of nitrogens with two attached hydrogens (primary N) is 1. The van der Waals surface area contributed by atoms with Gasteiger partial charge < -0.3 is 15.8 Å². The molecule has 0 bridgehead atoms. The monoisotopic (exact) mass is 294 g/mol. The zero-order valence-corrected chi connectivity index (χ0v) is 13.0. The predicted octanol–water partition coefficient (Wildman–Crippen LogP) is 2.39. The van der Waals surface area contributed by atoms with Crippen molar-refractivity contribution < 1.29 is 9.53 Å². The first-order valence-electron chi connectivity index (χ1n) is 6.81. The van der Waals surface area contributed by atoms with Crippen LogP contribution in [0.4, 0.5) is 0 Å². The minimum absolute atomic E-state index is 0.107. The van der Waals surface area contributed by atoms with Gasteiger partial charge >= 0.3 is 0 Å². The molecule has 0 heterocycles. The Balaban J connectivity index is 2.54. The van der Waals surface area contributed by atoms with Crippen LogP contribution in [-0.2, 0) is 4.79 Å². The number of carbonyl (C=O) groups excluding carboxylic acids is 1. The van der Waals surface area contributed by atoms with Gasteiger partial charge in [0.15, 0.2) is 6.10 Å². The van der Waals surface area contributed by atoms with Gasteiger partial charge in [0, 0.05) is 11.6 Å². The zero-order valence-electron chi connectivity index (χ0n) is 12.2. The van der Waals surface area contributed by atoms with E-state index >= 15 is 0 Å². The Hall–Kier alpha value is -1.62. The van der Waals surface area contributed by atoms with Crippen molar-refractivity contribution >= 4 is 23.1 Å². The Morgan fingerprint density at radius 2 is 1.95 bits per heavy atom. The van der Waals surface area contributed by atoms with E-state index in [2.05, 4.69) is 12.2 Å². The number of rotatable bonds is 7. The molecular weight excluding hydrogens is 272 g/mol. The molecular formula is C15H22N2O2S. The Bertz CT molecular complexity index is 459. The van der Waals surface area contributed by atoms with Crippen LogP contribution in [-0.4, -0.2) is 23.0 Å². The van der Waals surface area contributed by atoms with Crippen molar-refractivity contribution in [3.63, 3.8) is 0 Å². The molecule has 0 saturated carbocycles. The van der Waals surface area contributed by atoms with E-state index in [1.165, 1.54) is 0 Å². The second-order valence-electron chi connectivity index (χ2n) is 4.85. The van der Waals surface area contributed by atoms with E-state index < -0.39 is 6.10 Å². The Kier molecular flexibility index (Phi) is 6.45. The van der Waals surface area contributed by atoms with Crippen molar-refractivity contribution in [3.8, 4) is 5.75 Å². The summed E-state index contributed by atoms with van der Waals surface area (Å²) in [4.78, 5) is 12.3. The molecule has 0 aliphatic carbocycles. The molecule has 1 aromatic carbocycles. The van der Waals surface area contributed by atoms with E-state index in [-0.39, 0.29) is 11.9 Å². The highest BCUT2D eigenvalue weighted by Crippen LogP contribution is 2.14. The first kappa shape index (κ1) is 16.4. The molecule has 0 spiro atoms. The number of carbonyl (C=O) groups is 1. The van der Waals surface area contributed by atoms with Gasteiger partial charge in [-0.3, -0.25) is 4.79 Å². The quantitative estimate of drug-likeness (QED) is 0.758. The molecule has 3 N–H and O–H groups in total. The van der Waals surface area contributed by atoms with E-state index in [1.54, 1.807) is 31.2 Å². The van der Waals surface area contributed by atoms with Crippen molar-refractivity contribution in [1.29, 1.82) is 0 Å². The van der Waals surface area contributed by atoms with Crippen LogP contribution in [0.5, 0.6) is 5.75 Å². The molecule has 110 valence electrons. The second kappa shape index (κ2) is 7.85. The van der Waals surface area contributed by atoms with Crippen molar-refractivity contribution in [2.24, 2.45) is 5.73 Å². The van der Waals surface area contributed by atoms with Crippen LogP contribution < -0.4 is 15.8 Å². The van der Waals surface area contributed by atoms with E-state index in [4.69, 9.17) is 22.7 Å². The molecule has 0 aliphatic rings. The Morgan fingerprint density at radius 1 is 1.35 bits per heavy atom. The maximum Gasteiger partial charge on any atom is 0.260 e. The first-order chi connectivity index (χ1) is 9.43. The van der Waals surface area contributed by atoms with Crippen LogP contribution in [0.15, 0.2) is 24.3 Å². The summed E-state index contributed by atoms with van der Waals surface area (Å²) < 4.78 is 5.59. The number of amides is 1. The smallest absolute Gasteiger partial charge is 0.260 e. The first-order valence-corrected chi connectivity index (χ1v) is 7.21. The molecule has 1 rings (SSSR count). The lowest BCUT2D eigenvalue weighted by molar-refractivity contribution is -0.127. The van der Waals surface area contributed by atoms with E-state index in [0.29, 0.717) is 10.7 Å². The maximum absolute atomic E-state index is 11.9. The summed E-state index contributed by atoms with van der Waals surface area (Å²) in [5, 5.41) is 2.93. The third-order valence-corrected chi connectivity index (χ3v) is 3.17. The van der Waals surface area contributed by atoms with Crippen molar-refractivity contribution in [3.05, 3.63) is 29.8 Å². The molecule has 4 nitrogen and oxygen atoms in total. The molecule has 1 aromatic rings. The van der Waals surface area contributed by atoms with Crippen molar-refractivity contribution in [1.82, 2.24) is 5.32 Å². The van der Waals surface area contributed by atoms with Crippen LogP contribution in [0.1, 0.15) is 39.2 Å². The summed E-state index contributed by atoms with van der Waals surface area (Å²) in [5.74, 6) is 0.514. The fraction of sp³-hybridized carbons (Fsp3) is 0.467. The van der Waals surface area contributed by atoms with Crippen LogP contribution in [0.3, 0.4) is 0 Å². The summed E-state index contributed by atoms with van der Waals surface area (Å²) in [6.07, 6.45) is 1.46. The van der Waals surface area contributed by atoms with Gasteiger partial charge in [0.05, 0.1) is 0 Å².